The fourth-order valence-corrected chi connectivity index (χ4v) is 1.97. The average Bonchev–Trinajstić information content (AvgIpc) is 2.01. The van der Waals surface area contributed by atoms with E-state index in [1.54, 1.807) is 0 Å². The van der Waals surface area contributed by atoms with E-state index in [4.69, 9.17) is 10.5 Å². The fourth-order valence-electron chi connectivity index (χ4n) is 1.97. The quantitative estimate of drug-likeness (QED) is 0.661. The predicted molar refractivity (Wildman–Crippen MR) is 54.6 cm³/mol. The molecule has 3 heteroatoms. The highest BCUT2D eigenvalue weighted by atomic mass is 16.5. The van der Waals surface area contributed by atoms with Crippen LogP contribution in [-0.4, -0.2) is 32.8 Å². The van der Waals surface area contributed by atoms with Gasteiger partial charge in [0, 0.05) is 18.0 Å². The van der Waals surface area contributed by atoms with Gasteiger partial charge in [0.1, 0.15) is 0 Å². The molecule has 3 N–H and O–H groups in total. The van der Waals surface area contributed by atoms with Crippen LogP contribution < -0.4 is 11.1 Å². The summed E-state index contributed by atoms with van der Waals surface area (Å²) in [5.41, 5.74) is 6.01. The molecule has 1 fully saturated rings. The molecule has 0 aromatic rings. The van der Waals surface area contributed by atoms with Crippen molar-refractivity contribution in [3.8, 4) is 0 Å². The molecule has 78 valence electrons. The van der Waals surface area contributed by atoms with Crippen molar-refractivity contribution in [2.75, 3.05) is 26.8 Å². The SMILES string of the molecule is CNC(CC(C)C)C1(CN)COC1. The zero-order chi connectivity index (χ0) is 9.90. The molecule has 0 aromatic heterocycles. The zero-order valence-electron chi connectivity index (χ0n) is 8.97. The Morgan fingerprint density at radius 1 is 1.46 bits per heavy atom. The minimum absolute atomic E-state index is 0.207. The van der Waals surface area contributed by atoms with Gasteiger partial charge in [-0.25, -0.2) is 0 Å². The molecule has 1 aliphatic rings. The molecule has 1 atom stereocenters. The van der Waals surface area contributed by atoms with Crippen molar-refractivity contribution in [1.82, 2.24) is 5.32 Å². The van der Waals surface area contributed by atoms with E-state index >= 15 is 0 Å². The lowest BCUT2D eigenvalue weighted by Gasteiger charge is -2.47. The van der Waals surface area contributed by atoms with E-state index in [0.29, 0.717) is 12.0 Å². The second-order valence-electron chi connectivity index (χ2n) is 4.53. The van der Waals surface area contributed by atoms with Gasteiger partial charge in [-0.1, -0.05) is 13.8 Å². The first kappa shape index (κ1) is 11.0. The molecule has 1 saturated heterocycles. The molecule has 1 aliphatic heterocycles. The van der Waals surface area contributed by atoms with Gasteiger partial charge in [-0.15, -0.1) is 0 Å². The van der Waals surface area contributed by atoms with Gasteiger partial charge in [-0.3, -0.25) is 0 Å². The largest absolute Gasteiger partial charge is 0.380 e. The first-order valence-electron chi connectivity index (χ1n) is 5.09. The fraction of sp³-hybridized carbons (Fsp3) is 1.00. The molecule has 0 radical (unpaired) electrons. The minimum Gasteiger partial charge on any atom is -0.380 e. The minimum atomic E-state index is 0.207. The van der Waals surface area contributed by atoms with Gasteiger partial charge in [0.05, 0.1) is 13.2 Å². The average molecular weight is 186 g/mol. The van der Waals surface area contributed by atoms with E-state index in [9.17, 15) is 0 Å². The maximum absolute atomic E-state index is 5.80. The maximum atomic E-state index is 5.80. The van der Waals surface area contributed by atoms with Crippen molar-refractivity contribution in [3.63, 3.8) is 0 Å². The van der Waals surface area contributed by atoms with Crippen LogP contribution in [0.4, 0.5) is 0 Å². The van der Waals surface area contributed by atoms with Gasteiger partial charge in [0.25, 0.3) is 0 Å². The summed E-state index contributed by atoms with van der Waals surface area (Å²) in [6.45, 7) is 6.86. The normalized spacial score (nSPS) is 22.8. The molecule has 0 spiro atoms. The maximum Gasteiger partial charge on any atom is 0.0572 e. The number of hydrogen-bond acceptors (Lipinski definition) is 3. The molecule has 0 saturated carbocycles. The van der Waals surface area contributed by atoms with Crippen LogP contribution in [0.15, 0.2) is 0 Å². The Morgan fingerprint density at radius 2 is 2.08 bits per heavy atom. The molecule has 1 unspecified atom stereocenters. The number of nitrogens with one attached hydrogen (secondary N) is 1. The molecule has 3 nitrogen and oxygen atoms in total. The van der Waals surface area contributed by atoms with Crippen LogP contribution in [0.5, 0.6) is 0 Å². The van der Waals surface area contributed by atoms with E-state index in [0.717, 1.165) is 19.8 Å². The van der Waals surface area contributed by atoms with Crippen LogP contribution in [0.25, 0.3) is 0 Å². The molecular weight excluding hydrogens is 164 g/mol. The van der Waals surface area contributed by atoms with Gasteiger partial charge < -0.3 is 15.8 Å². The molecule has 1 heterocycles. The van der Waals surface area contributed by atoms with E-state index in [2.05, 4.69) is 19.2 Å². The molecule has 0 amide bonds. The Hall–Kier alpha value is -0.120. The summed E-state index contributed by atoms with van der Waals surface area (Å²) >= 11 is 0. The zero-order valence-corrected chi connectivity index (χ0v) is 8.97. The predicted octanol–water partition coefficient (Wildman–Crippen LogP) is 0.596. The van der Waals surface area contributed by atoms with Crippen molar-refractivity contribution < 1.29 is 4.74 Å². The second kappa shape index (κ2) is 4.40. The van der Waals surface area contributed by atoms with Crippen LogP contribution in [0.3, 0.4) is 0 Å². The van der Waals surface area contributed by atoms with Gasteiger partial charge in [-0.05, 0) is 19.4 Å². The van der Waals surface area contributed by atoms with Crippen LogP contribution in [0, 0.1) is 11.3 Å². The number of hydrogen-bond donors (Lipinski definition) is 2. The standard InChI is InChI=1S/C10H22N2O/c1-8(2)4-9(12-3)10(5-11)6-13-7-10/h8-9,12H,4-7,11H2,1-3H3. The molecule has 0 aliphatic carbocycles. The molecule has 1 rings (SSSR count). The van der Waals surface area contributed by atoms with Crippen molar-refractivity contribution >= 4 is 0 Å². The Balaban J connectivity index is 2.52. The summed E-state index contributed by atoms with van der Waals surface area (Å²) in [6.07, 6.45) is 1.18. The monoisotopic (exact) mass is 186 g/mol. The molecule has 13 heavy (non-hydrogen) atoms. The lowest BCUT2D eigenvalue weighted by atomic mass is 9.75. The van der Waals surface area contributed by atoms with Crippen molar-refractivity contribution in [3.05, 3.63) is 0 Å². The van der Waals surface area contributed by atoms with Crippen molar-refractivity contribution in [1.29, 1.82) is 0 Å². The molecule has 0 aromatic carbocycles. The first-order valence-corrected chi connectivity index (χ1v) is 5.09. The second-order valence-corrected chi connectivity index (χ2v) is 4.53. The van der Waals surface area contributed by atoms with Crippen LogP contribution in [-0.2, 0) is 4.74 Å². The smallest absolute Gasteiger partial charge is 0.0572 e. The summed E-state index contributed by atoms with van der Waals surface area (Å²) in [4.78, 5) is 0. The third kappa shape index (κ3) is 2.22. The van der Waals surface area contributed by atoms with E-state index in [-0.39, 0.29) is 5.41 Å². The van der Waals surface area contributed by atoms with Gasteiger partial charge in [0.2, 0.25) is 0 Å². The highest BCUT2D eigenvalue weighted by Crippen LogP contribution is 2.33. The van der Waals surface area contributed by atoms with Gasteiger partial charge in [0.15, 0.2) is 0 Å². The van der Waals surface area contributed by atoms with Gasteiger partial charge in [-0.2, -0.15) is 0 Å². The third-order valence-corrected chi connectivity index (χ3v) is 2.98. The molecular formula is C10H22N2O. The van der Waals surface area contributed by atoms with Gasteiger partial charge >= 0.3 is 0 Å². The molecule has 0 bridgehead atoms. The Morgan fingerprint density at radius 3 is 2.31 bits per heavy atom. The number of rotatable bonds is 5. The van der Waals surface area contributed by atoms with E-state index in [1.165, 1.54) is 6.42 Å². The highest BCUT2D eigenvalue weighted by Gasteiger charge is 2.43. The van der Waals surface area contributed by atoms with Crippen LogP contribution >= 0.6 is 0 Å². The highest BCUT2D eigenvalue weighted by molar-refractivity contribution is 4.96. The van der Waals surface area contributed by atoms with Crippen molar-refractivity contribution in [2.45, 2.75) is 26.3 Å². The Bertz CT molecular complexity index is 149. The number of ether oxygens (including phenoxy) is 1. The summed E-state index contributed by atoms with van der Waals surface area (Å²) in [5, 5.41) is 3.37. The lowest BCUT2D eigenvalue weighted by molar-refractivity contribution is -0.128. The summed E-state index contributed by atoms with van der Waals surface area (Å²) < 4.78 is 5.27. The summed E-state index contributed by atoms with van der Waals surface area (Å²) in [6, 6.07) is 0.506. The third-order valence-electron chi connectivity index (χ3n) is 2.98. The lowest BCUT2D eigenvalue weighted by Crippen LogP contribution is -2.60. The van der Waals surface area contributed by atoms with E-state index in [1.807, 2.05) is 7.05 Å². The van der Waals surface area contributed by atoms with Crippen molar-refractivity contribution in [2.24, 2.45) is 17.1 Å². The van der Waals surface area contributed by atoms with Crippen LogP contribution in [0.2, 0.25) is 0 Å². The van der Waals surface area contributed by atoms with Crippen LogP contribution in [0.1, 0.15) is 20.3 Å². The summed E-state index contributed by atoms with van der Waals surface area (Å²) in [5.74, 6) is 0.710. The summed E-state index contributed by atoms with van der Waals surface area (Å²) in [7, 11) is 2.02. The Labute approximate surface area is 81.0 Å². The topological polar surface area (TPSA) is 47.3 Å². The first-order chi connectivity index (χ1) is 6.14. The Kier molecular flexibility index (Phi) is 3.71. The number of nitrogens with two attached hydrogens (primary N) is 1. The van der Waals surface area contributed by atoms with E-state index < -0.39 is 0 Å².